The van der Waals surface area contributed by atoms with Crippen molar-refractivity contribution in [2.24, 2.45) is 0 Å². The molecule has 1 saturated heterocycles. The predicted octanol–water partition coefficient (Wildman–Crippen LogP) is 5.13. The number of carbonyl (C=O) groups is 2. The van der Waals surface area contributed by atoms with E-state index >= 15 is 0 Å². The fourth-order valence-electron chi connectivity index (χ4n) is 2.72. The van der Waals surface area contributed by atoms with Gasteiger partial charge in [-0.25, -0.2) is 0 Å². The molecule has 8 heteroatoms. The number of para-hydroxylation sites is 1. The second-order valence-electron chi connectivity index (χ2n) is 6.00. The molecular weight excluding hydrogens is 472 g/mol. The number of amides is 2. The van der Waals surface area contributed by atoms with Crippen LogP contribution in [0, 0.1) is 0 Å². The fraction of sp³-hybridized carbons (Fsp3) is 0. The van der Waals surface area contributed by atoms with Crippen molar-refractivity contribution >= 4 is 68.2 Å². The number of benzene rings is 2. The van der Waals surface area contributed by atoms with Crippen molar-refractivity contribution in [2.75, 3.05) is 4.90 Å². The Bertz CT molecular complexity index is 1120. The predicted molar refractivity (Wildman–Crippen MR) is 121 cm³/mol. The van der Waals surface area contributed by atoms with Crippen molar-refractivity contribution in [3.63, 3.8) is 0 Å². The second-order valence-corrected chi connectivity index (χ2v) is 8.19. The van der Waals surface area contributed by atoms with Gasteiger partial charge in [0.1, 0.15) is 17.1 Å². The van der Waals surface area contributed by atoms with Crippen molar-refractivity contribution in [1.29, 1.82) is 0 Å². The summed E-state index contributed by atoms with van der Waals surface area (Å²) in [5, 5.41) is 4.49. The first-order valence-corrected chi connectivity index (χ1v) is 10.6. The van der Waals surface area contributed by atoms with Gasteiger partial charge in [0.15, 0.2) is 5.11 Å². The Balaban J connectivity index is 1.60. The summed E-state index contributed by atoms with van der Waals surface area (Å²) in [5.74, 6) is 0.345. The molecule has 144 valence electrons. The number of rotatable bonds is 4. The monoisotopic (exact) mass is 484 g/mol. The molecule has 2 aromatic carbocycles. The number of hydrogen-bond donors (Lipinski definition) is 1. The highest BCUT2D eigenvalue weighted by atomic mass is 79.9. The van der Waals surface area contributed by atoms with E-state index in [1.807, 2.05) is 41.8 Å². The maximum absolute atomic E-state index is 13.0. The molecule has 0 saturated carbocycles. The topological polar surface area (TPSA) is 58.6 Å². The third kappa shape index (κ3) is 4.14. The van der Waals surface area contributed by atoms with E-state index in [-0.39, 0.29) is 10.7 Å². The smallest absolute Gasteiger partial charge is 0.270 e. The molecule has 0 spiro atoms. The molecule has 5 nitrogen and oxygen atoms in total. The van der Waals surface area contributed by atoms with Gasteiger partial charge in [-0.3, -0.25) is 19.8 Å². The van der Waals surface area contributed by atoms with Crippen LogP contribution in [0.4, 0.5) is 5.69 Å². The standard InChI is InChI=1S/C21H13BrN2O3S2/c22-17-10-11-29-18(17)12-16-19(25)23-21(28)24(20(16)26)13-6-8-15(9-7-13)27-14-4-2-1-3-5-14/h1-12H,(H,23,25,28)/b16-12+. The van der Waals surface area contributed by atoms with Crippen LogP contribution in [0.3, 0.4) is 0 Å². The van der Waals surface area contributed by atoms with Crippen LogP contribution in [-0.4, -0.2) is 16.9 Å². The summed E-state index contributed by atoms with van der Waals surface area (Å²) in [4.78, 5) is 27.5. The third-order valence-corrected chi connectivity index (χ3v) is 6.20. The third-order valence-electron chi connectivity index (χ3n) is 4.10. The van der Waals surface area contributed by atoms with E-state index in [0.29, 0.717) is 17.2 Å². The van der Waals surface area contributed by atoms with Gasteiger partial charge in [0, 0.05) is 9.35 Å². The lowest BCUT2D eigenvalue weighted by Crippen LogP contribution is -2.54. The summed E-state index contributed by atoms with van der Waals surface area (Å²) in [6.07, 6.45) is 1.56. The van der Waals surface area contributed by atoms with Crippen LogP contribution in [0.1, 0.15) is 4.88 Å². The summed E-state index contributed by atoms with van der Waals surface area (Å²) in [6, 6.07) is 18.2. The van der Waals surface area contributed by atoms with Crippen molar-refractivity contribution < 1.29 is 14.3 Å². The number of carbonyl (C=O) groups excluding carboxylic acids is 2. The summed E-state index contributed by atoms with van der Waals surface area (Å²) in [5.41, 5.74) is 0.558. The molecule has 1 aliphatic heterocycles. The highest BCUT2D eigenvalue weighted by molar-refractivity contribution is 9.10. The number of ether oxygens (including phenoxy) is 1. The van der Waals surface area contributed by atoms with Crippen LogP contribution >= 0.6 is 39.5 Å². The van der Waals surface area contributed by atoms with Gasteiger partial charge in [-0.1, -0.05) is 18.2 Å². The van der Waals surface area contributed by atoms with Crippen LogP contribution in [-0.2, 0) is 9.59 Å². The van der Waals surface area contributed by atoms with E-state index in [2.05, 4.69) is 21.2 Å². The lowest BCUT2D eigenvalue weighted by molar-refractivity contribution is -0.122. The SMILES string of the molecule is O=C1NC(=S)N(c2ccc(Oc3ccccc3)cc2)C(=O)/C1=C/c1sccc1Br. The molecule has 0 radical (unpaired) electrons. The normalized spacial score (nSPS) is 15.6. The van der Waals surface area contributed by atoms with Crippen molar-refractivity contribution in [3.8, 4) is 11.5 Å². The van der Waals surface area contributed by atoms with E-state index in [1.165, 1.54) is 16.2 Å². The summed E-state index contributed by atoms with van der Waals surface area (Å²) in [7, 11) is 0. The average molecular weight is 485 g/mol. The summed E-state index contributed by atoms with van der Waals surface area (Å²) < 4.78 is 6.59. The van der Waals surface area contributed by atoms with E-state index in [4.69, 9.17) is 17.0 Å². The largest absolute Gasteiger partial charge is 0.457 e. The number of nitrogens with one attached hydrogen (secondary N) is 1. The Morgan fingerprint density at radius 3 is 2.34 bits per heavy atom. The minimum Gasteiger partial charge on any atom is -0.457 e. The Kier molecular flexibility index (Phi) is 5.57. The van der Waals surface area contributed by atoms with E-state index in [9.17, 15) is 9.59 Å². The molecule has 3 aromatic rings. The maximum Gasteiger partial charge on any atom is 0.270 e. The first kappa shape index (κ1) is 19.5. The summed E-state index contributed by atoms with van der Waals surface area (Å²) in [6.45, 7) is 0. The van der Waals surface area contributed by atoms with Crippen LogP contribution in [0.2, 0.25) is 0 Å². The van der Waals surface area contributed by atoms with Gasteiger partial charge < -0.3 is 4.74 Å². The van der Waals surface area contributed by atoms with Gasteiger partial charge in [0.05, 0.1) is 5.69 Å². The molecule has 0 aliphatic carbocycles. The molecule has 1 fully saturated rings. The van der Waals surface area contributed by atoms with Gasteiger partial charge in [0.25, 0.3) is 11.8 Å². The molecule has 1 N–H and O–H groups in total. The maximum atomic E-state index is 13.0. The number of nitrogens with zero attached hydrogens (tertiary/aromatic N) is 1. The molecule has 0 bridgehead atoms. The highest BCUT2D eigenvalue weighted by Crippen LogP contribution is 2.29. The first-order chi connectivity index (χ1) is 14.0. The molecule has 2 amide bonds. The summed E-state index contributed by atoms with van der Waals surface area (Å²) >= 11 is 10.1. The lowest BCUT2D eigenvalue weighted by atomic mass is 10.1. The minimum atomic E-state index is -0.513. The number of thiocarbonyl (C=S) groups is 1. The molecule has 0 unspecified atom stereocenters. The minimum absolute atomic E-state index is 0.0198. The fourth-order valence-corrected chi connectivity index (χ4v) is 4.42. The van der Waals surface area contributed by atoms with Gasteiger partial charge in [0.2, 0.25) is 0 Å². The number of anilines is 1. The Labute approximate surface area is 184 Å². The zero-order valence-corrected chi connectivity index (χ0v) is 18.0. The number of thiophene rings is 1. The van der Waals surface area contributed by atoms with Gasteiger partial charge >= 0.3 is 0 Å². The molecule has 29 heavy (non-hydrogen) atoms. The van der Waals surface area contributed by atoms with Crippen LogP contribution in [0.15, 0.2) is 76.1 Å². The van der Waals surface area contributed by atoms with Crippen molar-refractivity contribution in [3.05, 3.63) is 81.0 Å². The number of halogens is 1. The first-order valence-electron chi connectivity index (χ1n) is 8.50. The van der Waals surface area contributed by atoms with Crippen LogP contribution in [0.25, 0.3) is 6.08 Å². The van der Waals surface area contributed by atoms with E-state index < -0.39 is 11.8 Å². The Hall–Kier alpha value is -2.81. The average Bonchev–Trinajstić information content (AvgIpc) is 3.12. The molecule has 1 aromatic heterocycles. The molecule has 1 aliphatic rings. The molecule has 4 rings (SSSR count). The van der Waals surface area contributed by atoms with Crippen molar-refractivity contribution in [2.45, 2.75) is 0 Å². The van der Waals surface area contributed by atoms with Gasteiger partial charge in [-0.15, -0.1) is 11.3 Å². The zero-order chi connectivity index (χ0) is 20.4. The number of hydrogen-bond acceptors (Lipinski definition) is 5. The van der Waals surface area contributed by atoms with E-state index in [0.717, 1.165) is 9.35 Å². The molecule has 2 heterocycles. The van der Waals surface area contributed by atoms with Crippen LogP contribution in [0.5, 0.6) is 11.5 Å². The Morgan fingerprint density at radius 1 is 1.00 bits per heavy atom. The Morgan fingerprint density at radius 2 is 1.69 bits per heavy atom. The quantitative estimate of drug-likeness (QED) is 0.316. The highest BCUT2D eigenvalue weighted by Gasteiger charge is 2.34. The molecule has 0 atom stereocenters. The van der Waals surface area contributed by atoms with Gasteiger partial charge in [-0.05, 0) is 82.1 Å². The lowest BCUT2D eigenvalue weighted by Gasteiger charge is -2.29. The molecular formula is C21H13BrN2O3S2. The van der Waals surface area contributed by atoms with E-state index in [1.54, 1.807) is 30.3 Å². The zero-order valence-electron chi connectivity index (χ0n) is 14.8. The van der Waals surface area contributed by atoms with Crippen molar-refractivity contribution in [1.82, 2.24) is 5.32 Å². The second kappa shape index (κ2) is 8.28. The van der Waals surface area contributed by atoms with Crippen LogP contribution < -0.4 is 15.0 Å². The van der Waals surface area contributed by atoms with Gasteiger partial charge in [-0.2, -0.15) is 0 Å².